The third-order valence-corrected chi connectivity index (χ3v) is 8.33. The first-order valence-corrected chi connectivity index (χ1v) is 13.6. The second kappa shape index (κ2) is 8.08. The van der Waals surface area contributed by atoms with Gasteiger partial charge in [0.15, 0.2) is 0 Å². The summed E-state index contributed by atoms with van der Waals surface area (Å²) in [6.45, 7) is 0. The fourth-order valence-corrected chi connectivity index (χ4v) is 6.61. The summed E-state index contributed by atoms with van der Waals surface area (Å²) in [5.41, 5.74) is 7.47. The third kappa shape index (κ3) is 2.93. The SMILES string of the molecule is c1ccc2c(-c3c4ccccc4c(-c4ccc5c(c4)oc4ccc6ccoc6c45)c4ccccc34)cccc2c1. The van der Waals surface area contributed by atoms with Crippen LogP contribution in [0.25, 0.3) is 87.5 Å². The number of furan rings is 2. The molecule has 40 heavy (non-hydrogen) atoms. The molecular formula is C38H22O2. The number of benzene rings is 7. The lowest BCUT2D eigenvalue weighted by Crippen LogP contribution is -1.91. The highest BCUT2D eigenvalue weighted by Gasteiger charge is 2.19. The molecule has 2 heteroatoms. The van der Waals surface area contributed by atoms with Crippen LogP contribution in [0.5, 0.6) is 0 Å². The Morgan fingerprint density at radius 1 is 0.425 bits per heavy atom. The van der Waals surface area contributed by atoms with E-state index in [1.807, 2.05) is 12.1 Å². The van der Waals surface area contributed by atoms with Crippen molar-refractivity contribution >= 4 is 65.2 Å². The molecule has 0 aliphatic carbocycles. The fourth-order valence-electron chi connectivity index (χ4n) is 6.61. The summed E-state index contributed by atoms with van der Waals surface area (Å²) in [5.74, 6) is 0. The Kier molecular flexibility index (Phi) is 4.36. The smallest absolute Gasteiger partial charge is 0.145 e. The minimum Gasteiger partial charge on any atom is -0.464 e. The maximum Gasteiger partial charge on any atom is 0.145 e. The molecule has 2 heterocycles. The van der Waals surface area contributed by atoms with E-state index >= 15 is 0 Å². The molecule has 0 fully saturated rings. The van der Waals surface area contributed by atoms with Crippen LogP contribution in [0.4, 0.5) is 0 Å². The van der Waals surface area contributed by atoms with Gasteiger partial charge in [0.1, 0.15) is 16.7 Å². The number of hydrogen-bond acceptors (Lipinski definition) is 2. The summed E-state index contributed by atoms with van der Waals surface area (Å²) < 4.78 is 12.3. The van der Waals surface area contributed by atoms with Gasteiger partial charge < -0.3 is 8.83 Å². The Hall–Kier alpha value is -5.34. The van der Waals surface area contributed by atoms with Gasteiger partial charge in [-0.15, -0.1) is 0 Å². The van der Waals surface area contributed by atoms with Gasteiger partial charge in [0.25, 0.3) is 0 Å². The molecule has 0 atom stereocenters. The second-order valence-electron chi connectivity index (χ2n) is 10.5. The summed E-state index contributed by atoms with van der Waals surface area (Å²) >= 11 is 0. The Morgan fingerprint density at radius 2 is 1.10 bits per heavy atom. The average Bonchev–Trinajstić information content (AvgIpc) is 3.63. The van der Waals surface area contributed by atoms with Crippen molar-refractivity contribution in [3.63, 3.8) is 0 Å². The van der Waals surface area contributed by atoms with E-state index in [1.165, 1.54) is 49.0 Å². The third-order valence-electron chi connectivity index (χ3n) is 8.33. The molecule has 0 amide bonds. The minimum absolute atomic E-state index is 0.843. The van der Waals surface area contributed by atoms with E-state index in [9.17, 15) is 0 Å². The zero-order chi connectivity index (χ0) is 26.2. The van der Waals surface area contributed by atoms with Crippen molar-refractivity contribution in [3.8, 4) is 22.3 Å². The lowest BCUT2D eigenvalue weighted by Gasteiger charge is -2.18. The standard InChI is InChI=1S/C38H22O2/c1-2-10-26-23(8-1)9-7-15-27(26)36-30-13-5-3-11-28(30)35(29-12-4-6-14-31(29)36)25-16-18-32-34(22-25)40-33-19-17-24-20-21-39-38(24)37(32)33/h1-22H. The minimum atomic E-state index is 0.843. The topological polar surface area (TPSA) is 26.3 Å². The van der Waals surface area contributed by atoms with Crippen molar-refractivity contribution < 1.29 is 8.83 Å². The highest BCUT2D eigenvalue weighted by molar-refractivity contribution is 6.24. The van der Waals surface area contributed by atoms with Gasteiger partial charge in [-0.05, 0) is 84.9 Å². The Morgan fingerprint density at radius 3 is 1.88 bits per heavy atom. The van der Waals surface area contributed by atoms with Crippen LogP contribution in [0, 0.1) is 0 Å². The molecule has 2 nitrogen and oxygen atoms in total. The molecule has 0 spiro atoms. The molecule has 9 rings (SSSR count). The number of hydrogen-bond donors (Lipinski definition) is 0. The summed E-state index contributed by atoms with van der Waals surface area (Å²) in [6.07, 6.45) is 1.74. The Bertz CT molecular complexity index is 2370. The normalized spacial score (nSPS) is 12.0. The Labute approximate surface area is 229 Å². The van der Waals surface area contributed by atoms with E-state index in [-0.39, 0.29) is 0 Å². The maximum absolute atomic E-state index is 6.40. The molecular weight excluding hydrogens is 488 g/mol. The van der Waals surface area contributed by atoms with E-state index in [2.05, 4.69) is 115 Å². The van der Waals surface area contributed by atoms with E-state index in [0.717, 1.165) is 38.5 Å². The quantitative estimate of drug-likeness (QED) is 0.216. The molecule has 0 bridgehead atoms. The van der Waals surface area contributed by atoms with Gasteiger partial charge >= 0.3 is 0 Å². The van der Waals surface area contributed by atoms with Gasteiger partial charge in [-0.25, -0.2) is 0 Å². The van der Waals surface area contributed by atoms with Crippen LogP contribution in [-0.2, 0) is 0 Å². The van der Waals surface area contributed by atoms with Crippen LogP contribution in [0.2, 0.25) is 0 Å². The van der Waals surface area contributed by atoms with Gasteiger partial charge in [0, 0.05) is 10.8 Å². The molecule has 0 unspecified atom stereocenters. The van der Waals surface area contributed by atoms with Crippen molar-refractivity contribution in [1.29, 1.82) is 0 Å². The first kappa shape index (κ1) is 21.6. The van der Waals surface area contributed by atoms with Crippen molar-refractivity contribution in [3.05, 3.63) is 134 Å². The molecule has 9 aromatic rings. The molecule has 186 valence electrons. The molecule has 0 saturated carbocycles. The molecule has 0 aliphatic heterocycles. The van der Waals surface area contributed by atoms with Crippen LogP contribution in [0.1, 0.15) is 0 Å². The number of fused-ring (bicyclic) bond motifs is 8. The lowest BCUT2D eigenvalue weighted by molar-refractivity contribution is 0.618. The molecule has 0 aliphatic rings. The molecule has 2 aromatic heterocycles. The van der Waals surface area contributed by atoms with Crippen LogP contribution in [0.3, 0.4) is 0 Å². The van der Waals surface area contributed by atoms with E-state index in [4.69, 9.17) is 8.83 Å². The van der Waals surface area contributed by atoms with Gasteiger partial charge in [-0.2, -0.15) is 0 Å². The van der Waals surface area contributed by atoms with Gasteiger partial charge in [-0.1, -0.05) is 97.1 Å². The van der Waals surface area contributed by atoms with E-state index in [0.29, 0.717) is 0 Å². The van der Waals surface area contributed by atoms with Crippen molar-refractivity contribution in [1.82, 2.24) is 0 Å². The van der Waals surface area contributed by atoms with Crippen LogP contribution in [-0.4, -0.2) is 0 Å². The van der Waals surface area contributed by atoms with Gasteiger partial charge in [0.05, 0.1) is 11.6 Å². The highest BCUT2D eigenvalue weighted by atomic mass is 16.3. The zero-order valence-corrected chi connectivity index (χ0v) is 21.5. The fraction of sp³-hybridized carbons (Fsp3) is 0. The summed E-state index contributed by atoms with van der Waals surface area (Å²) in [5, 5.41) is 10.6. The molecule has 0 saturated heterocycles. The first-order valence-electron chi connectivity index (χ1n) is 13.6. The average molecular weight is 511 g/mol. The Balaban J connectivity index is 1.39. The monoisotopic (exact) mass is 510 g/mol. The van der Waals surface area contributed by atoms with E-state index in [1.54, 1.807) is 6.26 Å². The van der Waals surface area contributed by atoms with Gasteiger partial charge in [-0.3, -0.25) is 0 Å². The highest BCUT2D eigenvalue weighted by Crippen LogP contribution is 2.46. The predicted octanol–water partition coefficient (Wildman–Crippen LogP) is 11.1. The van der Waals surface area contributed by atoms with Gasteiger partial charge in [0.2, 0.25) is 0 Å². The molecule has 0 radical (unpaired) electrons. The van der Waals surface area contributed by atoms with Crippen molar-refractivity contribution in [2.75, 3.05) is 0 Å². The van der Waals surface area contributed by atoms with Crippen molar-refractivity contribution in [2.45, 2.75) is 0 Å². The molecule has 0 N–H and O–H groups in total. The molecule has 7 aromatic carbocycles. The summed E-state index contributed by atoms with van der Waals surface area (Å²) in [6, 6.07) is 45.6. The van der Waals surface area contributed by atoms with E-state index < -0.39 is 0 Å². The summed E-state index contributed by atoms with van der Waals surface area (Å²) in [4.78, 5) is 0. The second-order valence-corrected chi connectivity index (χ2v) is 10.5. The maximum atomic E-state index is 6.40. The van der Waals surface area contributed by atoms with Crippen molar-refractivity contribution in [2.24, 2.45) is 0 Å². The zero-order valence-electron chi connectivity index (χ0n) is 21.5. The predicted molar refractivity (Wildman–Crippen MR) is 167 cm³/mol. The van der Waals surface area contributed by atoms with Crippen LogP contribution < -0.4 is 0 Å². The largest absolute Gasteiger partial charge is 0.464 e. The van der Waals surface area contributed by atoms with Crippen LogP contribution >= 0.6 is 0 Å². The first-order chi connectivity index (χ1) is 19.8. The number of rotatable bonds is 2. The lowest BCUT2D eigenvalue weighted by atomic mass is 9.84. The summed E-state index contributed by atoms with van der Waals surface area (Å²) in [7, 11) is 0. The van der Waals surface area contributed by atoms with Crippen LogP contribution in [0.15, 0.2) is 142 Å².